The van der Waals surface area contributed by atoms with Gasteiger partial charge in [-0.25, -0.2) is 0 Å². The summed E-state index contributed by atoms with van der Waals surface area (Å²) in [5.74, 6) is 1.07. The first-order valence-corrected chi connectivity index (χ1v) is 4.66. The first kappa shape index (κ1) is 10.4. The van der Waals surface area contributed by atoms with E-state index in [1.165, 1.54) is 0 Å². The summed E-state index contributed by atoms with van der Waals surface area (Å²) < 4.78 is 5.06. The minimum atomic E-state index is -0.478. The fraction of sp³-hybridized carbons (Fsp3) is 0.400. The number of hydrogen-bond acceptors (Lipinski definition) is 2. The van der Waals surface area contributed by atoms with Crippen molar-refractivity contribution in [3.05, 3.63) is 29.8 Å². The summed E-state index contributed by atoms with van der Waals surface area (Å²) in [4.78, 5) is 0. The van der Waals surface area contributed by atoms with E-state index in [2.05, 4.69) is 0 Å². The van der Waals surface area contributed by atoms with Crippen LogP contribution in [0.15, 0.2) is 24.3 Å². The van der Waals surface area contributed by atoms with E-state index in [0.717, 1.165) is 11.3 Å². The Hall–Kier alpha value is -0.730. The summed E-state index contributed by atoms with van der Waals surface area (Å²) in [5, 5.41) is 9.30. The summed E-state index contributed by atoms with van der Waals surface area (Å²) in [7, 11) is 1.62. The van der Waals surface area contributed by atoms with Gasteiger partial charge in [0, 0.05) is 5.88 Å². The maximum atomic E-state index is 9.30. The molecule has 3 heteroatoms. The van der Waals surface area contributed by atoms with E-state index in [-0.39, 0.29) is 5.88 Å². The van der Waals surface area contributed by atoms with Crippen molar-refractivity contribution in [1.29, 1.82) is 0 Å². The average Bonchev–Trinajstić information content (AvgIpc) is 2.18. The number of rotatable bonds is 4. The highest BCUT2D eigenvalue weighted by Crippen LogP contribution is 2.14. The molecule has 1 aromatic carbocycles. The number of halogens is 1. The molecular formula is C10H13ClO2. The molecule has 0 aliphatic carbocycles. The first-order valence-electron chi connectivity index (χ1n) is 4.13. The second-order valence-corrected chi connectivity index (χ2v) is 3.17. The minimum absolute atomic E-state index is 0.261. The third kappa shape index (κ3) is 3.25. The Bertz CT molecular complexity index is 263. The normalized spacial score (nSPS) is 12.5. The number of aliphatic hydroxyl groups excluding tert-OH is 1. The zero-order valence-electron chi connectivity index (χ0n) is 7.53. The molecule has 0 aromatic heterocycles. The molecule has 0 saturated carbocycles. The van der Waals surface area contributed by atoms with E-state index >= 15 is 0 Å². The van der Waals surface area contributed by atoms with Gasteiger partial charge in [-0.3, -0.25) is 0 Å². The molecule has 0 fully saturated rings. The first-order chi connectivity index (χ1) is 6.26. The molecule has 1 aromatic rings. The zero-order valence-corrected chi connectivity index (χ0v) is 8.29. The predicted molar refractivity (Wildman–Crippen MR) is 53.4 cm³/mol. The molecule has 0 saturated heterocycles. The van der Waals surface area contributed by atoms with Gasteiger partial charge in [-0.1, -0.05) is 12.1 Å². The van der Waals surface area contributed by atoms with Crippen molar-refractivity contribution in [2.24, 2.45) is 0 Å². The second-order valence-electron chi connectivity index (χ2n) is 2.86. The molecule has 0 aliphatic heterocycles. The summed E-state index contributed by atoms with van der Waals surface area (Å²) in [6.45, 7) is 0. The lowest BCUT2D eigenvalue weighted by Gasteiger charge is -2.07. The van der Waals surface area contributed by atoms with Crippen molar-refractivity contribution >= 4 is 11.6 Å². The average molecular weight is 201 g/mol. The summed E-state index contributed by atoms with van der Waals surface area (Å²) in [6, 6.07) is 7.61. The van der Waals surface area contributed by atoms with Gasteiger partial charge in [-0.15, -0.1) is 11.6 Å². The molecule has 0 aliphatic rings. The topological polar surface area (TPSA) is 29.5 Å². The molecule has 2 nitrogen and oxygen atoms in total. The molecule has 13 heavy (non-hydrogen) atoms. The second kappa shape index (κ2) is 5.10. The standard InChI is InChI=1S/C10H13ClO2/c1-13-10-4-2-3-8(6-10)5-9(12)7-11/h2-4,6,9,12H,5,7H2,1H3. The number of aliphatic hydroxyl groups is 1. The molecule has 1 rings (SSSR count). The van der Waals surface area contributed by atoms with Crippen LogP contribution in [0.2, 0.25) is 0 Å². The number of alkyl halides is 1. The Morgan fingerprint density at radius 1 is 1.54 bits per heavy atom. The maximum Gasteiger partial charge on any atom is 0.119 e. The lowest BCUT2D eigenvalue weighted by molar-refractivity contribution is 0.198. The van der Waals surface area contributed by atoms with Gasteiger partial charge in [0.25, 0.3) is 0 Å². The van der Waals surface area contributed by atoms with Gasteiger partial charge in [0.15, 0.2) is 0 Å². The van der Waals surface area contributed by atoms with Crippen LogP contribution >= 0.6 is 11.6 Å². The zero-order chi connectivity index (χ0) is 9.68. The van der Waals surface area contributed by atoms with Crippen LogP contribution < -0.4 is 4.74 Å². The SMILES string of the molecule is COc1cccc(CC(O)CCl)c1. The van der Waals surface area contributed by atoms with E-state index in [1.54, 1.807) is 7.11 Å². The molecule has 1 N–H and O–H groups in total. The Kier molecular flexibility index (Phi) is 4.06. The van der Waals surface area contributed by atoms with Crippen molar-refractivity contribution in [3.8, 4) is 5.75 Å². The lowest BCUT2D eigenvalue weighted by Crippen LogP contribution is -2.11. The fourth-order valence-electron chi connectivity index (χ4n) is 1.13. The van der Waals surface area contributed by atoms with Crippen molar-refractivity contribution in [3.63, 3.8) is 0 Å². The van der Waals surface area contributed by atoms with Gasteiger partial charge in [0.05, 0.1) is 13.2 Å². The van der Waals surface area contributed by atoms with E-state index in [0.29, 0.717) is 6.42 Å². The van der Waals surface area contributed by atoms with Crippen LogP contribution in [0.3, 0.4) is 0 Å². The molecule has 72 valence electrons. The van der Waals surface area contributed by atoms with Crippen LogP contribution in [0.4, 0.5) is 0 Å². The van der Waals surface area contributed by atoms with Crippen LogP contribution in [-0.2, 0) is 6.42 Å². The Morgan fingerprint density at radius 2 is 2.31 bits per heavy atom. The largest absolute Gasteiger partial charge is 0.497 e. The van der Waals surface area contributed by atoms with Gasteiger partial charge >= 0.3 is 0 Å². The smallest absolute Gasteiger partial charge is 0.119 e. The number of ether oxygens (including phenoxy) is 1. The van der Waals surface area contributed by atoms with Gasteiger partial charge < -0.3 is 9.84 Å². The minimum Gasteiger partial charge on any atom is -0.497 e. The van der Waals surface area contributed by atoms with Crippen molar-refractivity contribution in [1.82, 2.24) is 0 Å². The van der Waals surface area contributed by atoms with Gasteiger partial charge in [0.2, 0.25) is 0 Å². The molecular weight excluding hydrogens is 188 g/mol. The molecule has 0 spiro atoms. The van der Waals surface area contributed by atoms with E-state index in [9.17, 15) is 5.11 Å². The van der Waals surface area contributed by atoms with Crippen molar-refractivity contribution < 1.29 is 9.84 Å². The number of benzene rings is 1. The number of hydrogen-bond donors (Lipinski definition) is 1. The van der Waals surface area contributed by atoms with E-state index in [4.69, 9.17) is 16.3 Å². The third-order valence-corrected chi connectivity index (χ3v) is 2.14. The van der Waals surface area contributed by atoms with Gasteiger partial charge in [-0.05, 0) is 24.1 Å². The van der Waals surface area contributed by atoms with E-state index < -0.39 is 6.10 Å². The highest BCUT2D eigenvalue weighted by atomic mass is 35.5. The van der Waals surface area contributed by atoms with Gasteiger partial charge in [0.1, 0.15) is 5.75 Å². The molecule has 0 radical (unpaired) electrons. The molecule has 0 heterocycles. The highest BCUT2D eigenvalue weighted by molar-refractivity contribution is 6.18. The molecule has 1 unspecified atom stereocenters. The molecule has 0 amide bonds. The molecule has 0 bridgehead atoms. The summed E-state index contributed by atoms with van der Waals surface area (Å²) >= 11 is 5.49. The number of methoxy groups -OCH3 is 1. The maximum absolute atomic E-state index is 9.30. The fourth-order valence-corrected chi connectivity index (χ4v) is 1.24. The van der Waals surface area contributed by atoms with Crippen LogP contribution in [0, 0.1) is 0 Å². The monoisotopic (exact) mass is 200 g/mol. The van der Waals surface area contributed by atoms with Crippen LogP contribution in [0.25, 0.3) is 0 Å². The Labute approximate surface area is 83.1 Å². The lowest BCUT2D eigenvalue weighted by atomic mass is 10.1. The molecule has 1 atom stereocenters. The van der Waals surface area contributed by atoms with Crippen LogP contribution in [-0.4, -0.2) is 24.2 Å². The Morgan fingerprint density at radius 3 is 2.92 bits per heavy atom. The summed E-state index contributed by atoms with van der Waals surface area (Å²) in [6.07, 6.45) is 0.0922. The van der Waals surface area contributed by atoms with Crippen molar-refractivity contribution in [2.75, 3.05) is 13.0 Å². The highest BCUT2D eigenvalue weighted by Gasteiger charge is 2.03. The van der Waals surface area contributed by atoms with E-state index in [1.807, 2.05) is 24.3 Å². The van der Waals surface area contributed by atoms with Crippen LogP contribution in [0.5, 0.6) is 5.75 Å². The summed E-state index contributed by atoms with van der Waals surface area (Å²) in [5.41, 5.74) is 1.03. The van der Waals surface area contributed by atoms with Crippen LogP contribution in [0.1, 0.15) is 5.56 Å². The van der Waals surface area contributed by atoms with Crippen molar-refractivity contribution in [2.45, 2.75) is 12.5 Å². The third-order valence-electron chi connectivity index (χ3n) is 1.78. The Balaban J connectivity index is 2.66. The quantitative estimate of drug-likeness (QED) is 0.752. The van der Waals surface area contributed by atoms with Gasteiger partial charge in [-0.2, -0.15) is 0 Å². The predicted octanol–water partition coefficient (Wildman–Crippen LogP) is 1.84.